The van der Waals surface area contributed by atoms with Gasteiger partial charge in [0.2, 0.25) is 5.91 Å². The Morgan fingerprint density at radius 3 is 2.32 bits per heavy atom. The molecule has 0 aromatic carbocycles. The summed E-state index contributed by atoms with van der Waals surface area (Å²) in [5.41, 5.74) is -0.970. The van der Waals surface area contributed by atoms with Crippen LogP contribution in [-0.2, 0) is 11.0 Å². The lowest BCUT2D eigenvalue weighted by molar-refractivity contribution is -0.141. The van der Waals surface area contributed by atoms with Gasteiger partial charge in [-0.2, -0.15) is 26.3 Å². The molecule has 4 nitrogen and oxygen atoms in total. The van der Waals surface area contributed by atoms with Crippen LogP contribution in [0.25, 0.3) is 0 Å². The second-order valence-corrected chi connectivity index (χ2v) is 6.03. The van der Waals surface area contributed by atoms with Crippen LogP contribution in [0.4, 0.5) is 32.2 Å². The van der Waals surface area contributed by atoms with E-state index in [1.807, 2.05) is 5.32 Å². The smallest absolute Gasteiger partial charge is 0.355 e. The van der Waals surface area contributed by atoms with Gasteiger partial charge < -0.3 is 10.2 Å². The minimum atomic E-state index is -4.56. The largest absolute Gasteiger partial charge is 0.417 e. The van der Waals surface area contributed by atoms with Crippen molar-refractivity contribution < 1.29 is 31.1 Å². The summed E-state index contributed by atoms with van der Waals surface area (Å²) < 4.78 is 74.1. The minimum Gasteiger partial charge on any atom is -0.355 e. The molecule has 1 fully saturated rings. The summed E-state index contributed by atoms with van der Waals surface area (Å²) in [6.07, 6.45) is -7.86. The molecule has 0 spiro atoms. The molecule has 0 atom stereocenters. The zero-order chi connectivity index (χ0) is 18.8. The Kier molecular flexibility index (Phi) is 5.70. The lowest BCUT2D eigenvalue weighted by Gasteiger charge is -2.32. The molecule has 1 aromatic rings. The number of alkyl halides is 6. The Labute approximate surface area is 144 Å². The highest BCUT2D eigenvalue weighted by atomic mass is 35.5. The highest BCUT2D eigenvalue weighted by molar-refractivity contribution is 6.33. The zero-order valence-electron chi connectivity index (χ0n) is 12.7. The molecular weight excluding hydrogens is 376 g/mol. The van der Waals surface area contributed by atoms with Gasteiger partial charge in [0, 0.05) is 25.2 Å². The first-order chi connectivity index (χ1) is 11.5. The molecule has 2 heterocycles. The summed E-state index contributed by atoms with van der Waals surface area (Å²) >= 11 is 5.86. The van der Waals surface area contributed by atoms with Crippen molar-refractivity contribution in [2.75, 3.05) is 24.5 Å². The summed E-state index contributed by atoms with van der Waals surface area (Å²) in [7, 11) is 0. The van der Waals surface area contributed by atoms with Gasteiger partial charge in [-0.3, -0.25) is 4.79 Å². The van der Waals surface area contributed by atoms with Crippen molar-refractivity contribution in [3.05, 3.63) is 22.8 Å². The first-order valence-corrected chi connectivity index (χ1v) is 7.67. The van der Waals surface area contributed by atoms with Gasteiger partial charge in [0.05, 0.1) is 10.6 Å². The maximum absolute atomic E-state index is 12.6. The van der Waals surface area contributed by atoms with Crippen molar-refractivity contribution in [3.8, 4) is 0 Å². The molecule has 1 aliphatic heterocycles. The van der Waals surface area contributed by atoms with Crippen LogP contribution in [0.2, 0.25) is 5.02 Å². The number of hydrogen-bond donors (Lipinski definition) is 1. The standard InChI is InChI=1S/C14H14ClF6N3O/c15-10-5-9(14(19,20)21)6-22-11(10)24-3-1-8(2-4-24)12(25)23-7-13(16,17)18/h5-6,8H,1-4,7H2,(H,23,25). The molecule has 25 heavy (non-hydrogen) atoms. The second kappa shape index (κ2) is 7.27. The van der Waals surface area contributed by atoms with Crippen LogP contribution in [0.1, 0.15) is 18.4 Å². The van der Waals surface area contributed by atoms with E-state index in [0.29, 0.717) is 6.20 Å². The molecule has 0 aliphatic carbocycles. The Balaban J connectivity index is 1.95. The fraction of sp³-hybridized carbons (Fsp3) is 0.571. The van der Waals surface area contributed by atoms with Crippen molar-refractivity contribution in [1.29, 1.82) is 0 Å². The average Bonchev–Trinajstić information content (AvgIpc) is 2.51. The molecule has 1 N–H and O–H groups in total. The van der Waals surface area contributed by atoms with Gasteiger partial charge in [0.1, 0.15) is 12.4 Å². The second-order valence-electron chi connectivity index (χ2n) is 5.62. The van der Waals surface area contributed by atoms with Crippen LogP contribution in [0.5, 0.6) is 0 Å². The van der Waals surface area contributed by atoms with Gasteiger partial charge in [-0.1, -0.05) is 11.6 Å². The number of halogens is 7. The Hall–Kier alpha value is -1.71. The topological polar surface area (TPSA) is 45.2 Å². The summed E-state index contributed by atoms with van der Waals surface area (Å²) in [6.45, 7) is -0.886. The fourth-order valence-electron chi connectivity index (χ4n) is 2.50. The van der Waals surface area contributed by atoms with E-state index in [4.69, 9.17) is 11.6 Å². The molecule has 0 saturated carbocycles. The number of aromatic nitrogens is 1. The third-order valence-corrected chi connectivity index (χ3v) is 4.06. The Morgan fingerprint density at radius 2 is 1.84 bits per heavy atom. The van der Waals surface area contributed by atoms with Crippen LogP contribution in [-0.4, -0.2) is 36.7 Å². The van der Waals surface area contributed by atoms with Gasteiger partial charge in [-0.25, -0.2) is 4.98 Å². The van der Waals surface area contributed by atoms with Gasteiger partial charge in [-0.15, -0.1) is 0 Å². The van der Waals surface area contributed by atoms with Gasteiger partial charge in [0.15, 0.2) is 0 Å². The van der Waals surface area contributed by atoms with Crippen LogP contribution in [0.3, 0.4) is 0 Å². The van der Waals surface area contributed by atoms with Crippen LogP contribution >= 0.6 is 11.6 Å². The quantitative estimate of drug-likeness (QED) is 0.803. The molecule has 140 valence electrons. The summed E-state index contributed by atoms with van der Waals surface area (Å²) in [5, 5.41) is 1.66. The maximum atomic E-state index is 12.6. The number of nitrogens with zero attached hydrogens (tertiary/aromatic N) is 2. The average molecular weight is 390 g/mol. The third-order valence-electron chi connectivity index (χ3n) is 3.78. The highest BCUT2D eigenvalue weighted by Gasteiger charge is 2.34. The molecule has 0 radical (unpaired) electrons. The fourth-order valence-corrected chi connectivity index (χ4v) is 2.79. The number of carbonyl (C=O) groups excluding carboxylic acids is 1. The van der Waals surface area contributed by atoms with E-state index in [1.165, 1.54) is 0 Å². The molecule has 1 aliphatic rings. The number of nitrogens with one attached hydrogen (secondary N) is 1. The van der Waals surface area contributed by atoms with E-state index in [9.17, 15) is 31.1 Å². The molecule has 1 saturated heterocycles. The molecule has 11 heteroatoms. The molecule has 1 amide bonds. The number of anilines is 1. The normalized spacial score (nSPS) is 16.8. The SMILES string of the molecule is O=C(NCC(F)(F)F)C1CCN(c2ncc(C(F)(F)F)cc2Cl)CC1. The molecule has 0 bridgehead atoms. The molecule has 0 unspecified atom stereocenters. The van der Waals surface area contributed by atoms with E-state index in [0.717, 1.165) is 6.07 Å². The Morgan fingerprint density at radius 1 is 1.24 bits per heavy atom. The summed E-state index contributed by atoms with van der Waals surface area (Å²) in [4.78, 5) is 17.1. The maximum Gasteiger partial charge on any atom is 0.417 e. The van der Waals surface area contributed by atoms with Crippen molar-refractivity contribution in [2.45, 2.75) is 25.2 Å². The van der Waals surface area contributed by atoms with Crippen molar-refractivity contribution in [3.63, 3.8) is 0 Å². The first-order valence-electron chi connectivity index (χ1n) is 7.29. The van der Waals surface area contributed by atoms with E-state index in [1.54, 1.807) is 4.90 Å². The van der Waals surface area contributed by atoms with E-state index < -0.39 is 36.3 Å². The van der Waals surface area contributed by atoms with Crippen molar-refractivity contribution in [2.24, 2.45) is 5.92 Å². The van der Waals surface area contributed by atoms with Crippen molar-refractivity contribution >= 4 is 23.3 Å². The third kappa shape index (κ3) is 5.38. The molecular formula is C14H14ClF6N3O. The van der Waals surface area contributed by atoms with Gasteiger partial charge in [0.25, 0.3) is 0 Å². The monoisotopic (exact) mass is 389 g/mol. The summed E-state index contributed by atoms with van der Waals surface area (Å²) in [6, 6.07) is 0.770. The predicted octanol–water partition coefficient (Wildman–Crippen LogP) is 3.65. The van der Waals surface area contributed by atoms with E-state index >= 15 is 0 Å². The lowest BCUT2D eigenvalue weighted by Crippen LogP contribution is -2.43. The number of piperidine rings is 1. The lowest BCUT2D eigenvalue weighted by atomic mass is 9.96. The number of amides is 1. The number of carbonyl (C=O) groups is 1. The number of pyridine rings is 1. The van der Waals surface area contributed by atoms with Gasteiger partial charge in [-0.05, 0) is 18.9 Å². The number of hydrogen-bond acceptors (Lipinski definition) is 3. The van der Waals surface area contributed by atoms with Crippen LogP contribution < -0.4 is 10.2 Å². The van der Waals surface area contributed by atoms with E-state index in [2.05, 4.69) is 4.98 Å². The highest BCUT2D eigenvalue weighted by Crippen LogP contribution is 2.34. The van der Waals surface area contributed by atoms with Crippen molar-refractivity contribution in [1.82, 2.24) is 10.3 Å². The molecule has 2 rings (SSSR count). The minimum absolute atomic E-state index is 0.156. The van der Waals surface area contributed by atoms with Crippen LogP contribution in [0.15, 0.2) is 12.3 Å². The van der Waals surface area contributed by atoms with Crippen LogP contribution in [0, 0.1) is 5.92 Å². The summed E-state index contributed by atoms with van der Waals surface area (Å²) in [5.74, 6) is -1.13. The van der Waals surface area contributed by atoms with Gasteiger partial charge >= 0.3 is 12.4 Å². The predicted molar refractivity (Wildman–Crippen MR) is 78.3 cm³/mol. The first kappa shape index (κ1) is 19.6. The number of rotatable bonds is 3. The van der Waals surface area contributed by atoms with E-state index in [-0.39, 0.29) is 36.8 Å². The molecule has 1 aromatic heterocycles. The Bertz CT molecular complexity index is 626. The zero-order valence-corrected chi connectivity index (χ0v) is 13.5.